The Morgan fingerprint density at radius 2 is 1.21 bits per heavy atom. The maximum absolute atomic E-state index is 12.7. The van der Waals surface area contributed by atoms with E-state index in [1.807, 2.05) is 60.7 Å². The summed E-state index contributed by atoms with van der Waals surface area (Å²) in [5.41, 5.74) is 5.09. The first-order valence-electron chi connectivity index (χ1n) is 13.1. The molecule has 0 unspecified atom stereocenters. The lowest BCUT2D eigenvalue weighted by Gasteiger charge is -2.15. The van der Waals surface area contributed by atoms with Crippen molar-refractivity contribution in [2.75, 3.05) is 36.8 Å². The maximum Gasteiger partial charge on any atom is 0.255 e. The molecule has 38 heavy (non-hydrogen) atoms. The minimum absolute atomic E-state index is 0.0504. The van der Waals surface area contributed by atoms with E-state index in [4.69, 9.17) is 0 Å². The monoisotopic (exact) mass is 508 g/mol. The number of rotatable bonds is 8. The zero-order valence-corrected chi connectivity index (χ0v) is 21.3. The number of amides is 2. The molecule has 4 N–H and O–H groups in total. The summed E-state index contributed by atoms with van der Waals surface area (Å²) in [6.45, 7) is 3.55. The zero-order valence-electron chi connectivity index (χ0n) is 21.3. The van der Waals surface area contributed by atoms with Crippen LogP contribution in [0.4, 0.5) is 11.4 Å². The number of hydrogen-bond donors (Lipinski definition) is 4. The Balaban J connectivity index is 1.09. The Kier molecular flexibility index (Phi) is 8.08. The van der Waals surface area contributed by atoms with Crippen molar-refractivity contribution in [1.82, 2.24) is 10.6 Å². The Morgan fingerprint density at radius 1 is 0.684 bits per heavy atom. The minimum Gasteiger partial charge on any atom is -0.370 e. The van der Waals surface area contributed by atoms with E-state index >= 15 is 0 Å². The molecule has 194 valence electrons. The summed E-state index contributed by atoms with van der Waals surface area (Å²) in [7, 11) is 0. The van der Waals surface area contributed by atoms with Gasteiger partial charge >= 0.3 is 0 Å². The van der Waals surface area contributed by atoms with Crippen LogP contribution in [0.3, 0.4) is 0 Å². The summed E-state index contributed by atoms with van der Waals surface area (Å²) in [5.74, 6) is 1.59. The zero-order chi connectivity index (χ0) is 26.2. The van der Waals surface area contributed by atoms with Gasteiger partial charge in [0.05, 0.1) is 0 Å². The molecule has 0 saturated carbocycles. The molecule has 0 aromatic heterocycles. The van der Waals surface area contributed by atoms with Crippen molar-refractivity contribution in [2.24, 2.45) is 9.98 Å². The Labute approximate surface area is 222 Å². The molecule has 0 radical (unpaired) electrons. The van der Waals surface area contributed by atoms with Crippen molar-refractivity contribution in [3.05, 3.63) is 95.1 Å². The first-order valence-corrected chi connectivity index (χ1v) is 13.1. The second-order valence-electron chi connectivity index (χ2n) is 9.38. The van der Waals surface area contributed by atoms with Crippen molar-refractivity contribution in [1.29, 1.82) is 0 Å². The van der Waals surface area contributed by atoms with Crippen molar-refractivity contribution in [3.63, 3.8) is 0 Å². The third-order valence-electron chi connectivity index (χ3n) is 6.51. The maximum atomic E-state index is 12.7. The van der Waals surface area contributed by atoms with Gasteiger partial charge in [-0.3, -0.25) is 19.6 Å². The molecule has 0 atom stereocenters. The van der Waals surface area contributed by atoms with Gasteiger partial charge in [-0.1, -0.05) is 12.1 Å². The van der Waals surface area contributed by atoms with Crippen molar-refractivity contribution in [2.45, 2.75) is 25.7 Å². The summed E-state index contributed by atoms with van der Waals surface area (Å²) >= 11 is 0. The summed E-state index contributed by atoms with van der Waals surface area (Å²) < 4.78 is 0. The molecule has 0 saturated heterocycles. The normalized spacial score (nSPS) is 14.8. The van der Waals surface area contributed by atoms with Crippen LogP contribution >= 0.6 is 0 Å². The molecule has 0 spiro atoms. The van der Waals surface area contributed by atoms with Gasteiger partial charge in [0.2, 0.25) is 5.91 Å². The number of nitrogens with one attached hydrogen (secondary N) is 4. The van der Waals surface area contributed by atoms with Gasteiger partial charge < -0.3 is 21.3 Å². The smallest absolute Gasteiger partial charge is 0.255 e. The predicted molar refractivity (Wildman–Crippen MR) is 152 cm³/mol. The van der Waals surface area contributed by atoms with Crippen LogP contribution in [0.15, 0.2) is 82.8 Å². The van der Waals surface area contributed by atoms with Crippen molar-refractivity contribution >= 4 is 34.9 Å². The number of nitrogens with zero attached hydrogens (tertiary/aromatic N) is 2. The van der Waals surface area contributed by atoms with E-state index in [0.29, 0.717) is 18.4 Å². The first kappa shape index (κ1) is 25.2. The molecule has 0 bridgehead atoms. The fourth-order valence-corrected chi connectivity index (χ4v) is 4.38. The molecule has 3 aromatic rings. The van der Waals surface area contributed by atoms with Crippen LogP contribution < -0.4 is 21.3 Å². The molecule has 0 aliphatic carbocycles. The molecule has 8 nitrogen and oxygen atoms in total. The van der Waals surface area contributed by atoms with Gasteiger partial charge in [0.25, 0.3) is 5.91 Å². The molecule has 2 amide bonds. The number of aliphatic imine (C=N–C) groups is 2. The van der Waals surface area contributed by atoms with Crippen LogP contribution in [0.1, 0.15) is 46.3 Å². The summed E-state index contributed by atoms with van der Waals surface area (Å²) in [6, 6.07) is 22.8. The van der Waals surface area contributed by atoms with Gasteiger partial charge in [0.15, 0.2) is 0 Å². The van der Waals surface area contributed by atoms with Crippen LogP contribution in [0, 0.1) is 0 Å². The molecule has 2 aliphatic heterocycles. The summed E-state index contributed by atoms with van der Waals surface area (Å²) in [6.07, 6.45) is 3.05. The largest absolute Gasteiger partial charge is 0.370 e. The van der Waals surface area contributed by atoms with E-state index in [1.54, 1.807) is 12.1 Å². The van der Waals surface area contributed by atoms with Crippen LogP contribution in [-0.4, -0.2) is 49.7 Å². The molecule has 0 fully saturated rings. The number of amidine groups is 2. The quantitative estimate of drug-likeness (QED) is 0.369. The predicted octanol–water partition coefficient (Wildman–Crippen LogP) is 3.99. The molecule has 2 heterocycles. The van der Waals surface area contributed by atoms with Crippen LogP contribution in [0.2, 0.25) is 0 Å². The molecule has 2 aliphatic rings. The van der Waals surface area contributed by atoms with Gasteiger partial charge in [0, 0.05) is 60.7 Å². The average molecular weight is 509 g/mol. The van der Waals surface area contributed by atoms with Gasteiger partial charge in [0.1, 0.15) is 11.7 Å². The topological polar surface area (TPSA) is 107 Å². The van der Waals surface area contributed by atoms with Gasteiger partial charge in [-0.05, 0) is 85.5 Å². The average Bonchev–Trinajstić information content (AvgIpc) is 2.98. The van der Waals surface area contributed by atoms with Crippen LogP contribution in [0.5, 0.6) is 0 Å². The summed E-state index contributed by atoms with van der Waals surface area (Å²) in [4.78, 5) is 34.1. The number of carbonyl (C=O) groups is 2. The number of benzene rings is 3. The van der Waals surface area contributed by atoms with Crippen molar-refractivity contribution in [3.8, 4) is 0 Å². The standard InChI is InChI=1S/C30H32N6O2/c37-27(35-25-12-8-22(9-13-25)28-31-17-1-18-32-28)16-5-21-3-6-24(7-4-21)30(38)36-26-14-10-23(11-15-26)29-33-19-2-20-34-29/h3-4,6-15H,1-2,5,16-20H2,(H,31,32)(H,33,34)(H,35,37)(H,36,38). The van der Waals surface area contributed by atoms with Crippen LogP contribution in [0.25, 0.3) is 0 Å². The lowest BCUT2D eigenvalue weighted by atomic mass is 10.1. The van der Waals surface area contributed by atoms with E-state index in [9.17, 15) is 9.59 Å². The third-order valence-corrected chi connectivity index (χ3v) is 6.51. The molecular formula is C30H32N6O2. The highest BCUT2D eigenvalue weighted by Crippen LogP contribution is 2.15. The highest BCUT2D eigenvalue weighted by Gasteiger charge is 2.11. The fraction of sp³-hybridized carbons (Fsp3) is 0.267. The fourth-order valence-electron chi connectivity index (χ4n) is 4.38. The second kappa shape index (κ2) is 12.2. The lowest BCUT2D eigenvalue weighted by Crippen LogP contribution is -2.30. The summed E-state index contributed by atoms with van der Waals surface area (Å²) in [5, 5.41) is 12.5. The van der Waals surface area contributed by atoms with E-state index in [2.05, 4.69) is 31.3 Å². The Bertz CT molecular complexity index is 1330. The minimum atomic E-state index is -0.173. The molecule has 8 heteroatoms. The Morgan fingerprint density at radius 3 is 1.71 bits per heavy atom. The van der Waals surface area contributed by atoms with E-state index in [-0.39, 0.29) is 11.8 Å². The van der Waals surface area contributed by atoms with Crippen LogP contribution in [-0.2, 0) is 11.2 Å². The Hall–Kier alpha value is -4.46. The highest BCUT2D eigenvalue weighted by molar-refractivity contribution is 6.05. The number of aryl methyl sites for hydroxylation is 1. The molecule has 3 aromatic carbocycles. The van der Waals surface area contributed by atoms with E-state index < -0.39 is 0 Å². The number of hydrogen-bond acceptors (Lipinski definition) is 6. The van der Waals surface area contributed by atoms with Gasteiger partial charge in [-0.15, -0.1) is 0 Å². The second-order valence-corrected chi connectivity index (χ2v) is 9.38. The van der Waals surface area contributed by atoms with Crippen molar-refractivity contribution < 1.29 is 9.59 Å². The third kappa shape index (κ3) is 6.64. The van der Waals surface area contributed by atoms with Gasteiger partial charge in [-0.2, -0.15) is 0 Å². The SMILES string of the molecule is O=C(CCc1ccc(C(=O)Nc2ccc(C3=NCCCN3)cc2)cc1)Nc1ccc(C2=NCCCN2)cc1. The first-order chi connectivity index (χ1) is 18.6. The lowest BCUT2D eigenvalue weighted by molar-refractivity contribution is -0.116. The number of anilines is 2. The van der Waals surface area contributed by atoms with E-state index in [0.717, 1.165) is 78.8 Å². The molecular weight excluding hydrogens is 476 g/mol. The number of carbonyl (C=O) groups excluding carboxylic acids is 2. The highest BCUT2D eigenvalue weighted by atomic mass is 16.2. The van der Waals surface area contributed by atoms with Gasteiger partial charge in [-0.25, -0.2) is 0 Å². The van der Waals surface area contributed by atoms with E-state index in [1.165, 1.54) is 0 Å². The molecule has 5 rings (SSSR count).